The molecule has 1 fully saturated rings. The first kappa shape index (κ1) is 21.8. The minimum absolute atomic E-state index is 0.0483. The zero-order valence-corrected chi connectivity index (χ0v) is 21.0. The number of aryl methyl sites for hydroxylation is 1. The van der Waals surface area contributed by atoms with Gasteiger partial charge in [-0.15, -0.1) is 11.3 Å². The molecule has 0 amide bonds. The van der Waals surface area contributed by atoms with Crippen molar-refractivity contribution in [2.45, 2.75) is 19.3 Å². The number of nitrogens with zero attached hydrogens (tertiary/aromatic N) is 3. The molecule has 2 aliphatic rings. The topological polar surface area (TPSA) is 46.8 Å². The molecule has 0 bridgehead atoms. The van der Waals surface area contributed by atoms with Gasteiger partial charge >= 0.3 is 0 Å². The lowest BCUT2D eigenvalue weighted by Crippen LogP contribution is -2.28. The van der Waals surface area contributed by atoms with Gasteiger partial charge in [0.05, 0.1) is 6.61 Å². The quantitative estimate of drug-likeness (QED) is 0.330. The summed E-state index contributed by atoms with van der Waals surface area (Å²) >= 11 is 1.68. The van der Waals surface area contributed by atoms with Gasteiger partial charge in [0.1, 0.15) is 11.4 Å². The van der Waals surface area contributed by atoms with Gasteiger partial charge in [0.25, 0.3) is 5.56 Å². The van der Waals surface area contributed by atoms with Crippen LogP contribution in [0, 0.1) is 12.8 Å². The van der Waals surface area contributed by atoms with Crippen LogP contribution in [0.4, 0.5) is 0 Å². The van der Waals surface area contributed by atoms with Gasteiger partial charge in [-0.3, -0.25) is 9.20 Å². The third-order valence-corrected chi connectivity index (χ3v) is 8.80. The van der Waals surface area contributed by atoms with E-state index in [4.69, 9.17) is 9.72 Å². The molecule has 2 aromatic carbocycles. The van der Waals surface area contributed by atoms with Gasteiger partial charge in [0, 0.05) is 64.9 Å². The lowest BCUT2D eigenvalue weighted by atomic mass is 9.84. The molecule has 36 heavy (non-hydrogen) atoms. The number of benzene rings is 2. The first-order valence-electron chi connectivity index (χ1n) is 12.6. The van der Waals surface area contributed by atoms with Crippen LogP contribution in [-0.4, -0.2) is 40.5 Å². The van der Waals surface area contributed by atoms with Crippen LogP contribution in [0.2, 0.25) is 0 Å². The smallest absolute Gasteiger partial charge is 0.261 e. The Morgan fingerprint density at radius 2 is 1.97 bits per heavy atom. The first-order valence-corrected chi connectivity index (χ1v) is 13.5. The third-order valence-electron chi connectivity index (χ3n) is 7.88. The number of ether oxygens (including phenoxy) is 1. The van der Waals surface area contributed by atoms with E-state index in [9.17, 15) is 4.79 Å². The molecule has 0 unspecified atom stereocenters. The number of likely N-dealkylation sites (tertiary alicyclic amines) is 1. The Morgan fingerprint density at radius 3 is 2.86 bits per heavy atom. The third kappa shape index (κ3) is 3.55. The van der Waals surface area contributed by atoms with Crippen LogP contribution in [0.25, 0.3) is 26.9 Å². The van der Waals surface area contributed by atoms with Crippen molar-refractivity contribution in [2.24, 2.45) is 5.92 Å². The van der Waals surface area contributed by atoms with Gasteiger partial charge in [-0.05, 0) is 53.8 Å². The molecule has 5 nitrogen and oxygen atoms in total. The fourth-order valence-corrected chi connectivity index (χ4v) is 6.77. The van der Waals surface area contributed by atoms with Gasteiger partial charge in [-0.1, -0.05) is 36.4 Å². The molecule has 0 radical (unpaired) electrons. The lowest BCUT2D eigenvalue weighted by Gasteiger charge is -2.29. The standard InChI is InChI=1S/C30H27N3O2S/c1-19-23(30(34)33-16-21(9-11-28(33)31-19)27-7-4-14-36-27)12-13-32-15-22-18-35-26-10-8-20-5-2-3-6-24(20)29(26)25(22)17-32/h2-11,14,16,22,25H,12-13,15,17-18H2,1H3/t22-,25-/m0/s1. The molecule has 7 rings (SSSR count). The van der Waals surface area contributed by atoms with E-state index in [-0.39, 0.29) is 5.56 Å². The van der Waals surface area contributed by atoms with Crippen LogP contribution in [0.5, 0.6) is 5.75 Å². The van der Waals surface area contributed by atoms with Crippen molar-refractivity contribution in [2.75, 3.05) is 26.2 Å². The van der Waals surface area contributed by atoms with E-state index in [1.165, 1.54) is 16.3 Å². The van der Waals surface area contributed by atoms with Crippen LogP contribution >= 0.6 is 11.3 Å². The Morgan fingerprint density at radius 1 is 1.06 bits per heavy atom. The number of hydrogen-bond acceptors (Lipinski definition) is 5. The molecule has 5 heterocycles. The Bertz CT molecular complexity index is 1660. The van der Waals surface area contributed by atoms with E-state index in [0.717, 1.165) is 53.7 Å². The number of aromatic nitrogens is 2. The summed E-state index contributed by atoms with van der Waals surface area (Å²) in [5.41, 5.74) is 4.80. The van der Waals surface area contributed by atoms with Gasteiger partial charge < -0.3 is 9.64 Å². The molecule has 2 atom stereocenters. The molecular weight excluding hydrogens is 466 g/mol. The average molecular weight is 494 g/mol. The monoisotopic (exact) mass is 493 g/mol. The van der Waals surface area contributed by atoms with Crippen molar-refractivity contribution in [3.05, 3.63) is 99.4 Å². The molecule has 180 valence electrons. The second-order valence-corrected chi connectivity index (χ2v) is 10.9. The summed E-state index contributed by atoms with van der Waals surface area (Å²) < 4.78 is 7.92. The van der Waals surface area contributed by atoms with Crippen molar-refractivity contribution in [3.8, 4) is 16.2 Å². The lowest BCUT2D eigenvalue weighted by molar-refractivity contribution is 0.214. The molecule has 2 aliphatic heterocycles. The highest BCUT2D eigenvalue weighted by molar-refractivity contribution is 7.13. The largest absolute Gasteiger partial charge is 0.493 e. The summed E-state index contributed by atoms with van der Waals surface area (Å²) in [6, 6.07) is 21.0. The minimum Gasteiger partial charge on any atom is -0.493 e. The van der Waals surface area contributed by atoms with E-state index < -0.39 is 0 Å². The predicted molar refractivity (Wildman–Crippen MR) is 145 cm³/mol. The van der Waals surface area contributed by atoms with Gasteiger partial charge in [-0.2, -0.15) is 0 Å². The van der Waals surface area contributed by atoms with Gasteiger partial charge in [0.15, 0.2) is 0 Å². The van der Waals surface area contributed by atoms with E-state index in [1.807, 2.05) is 31.3 Å². The maximum Gasteiger partial charge on any atom is 0.261 e. The minimum atomic E-state index is 0.0483. The van der Waals surface area contributed by atoms with Crippen LogP contribution in [0.3, 0.4) is 0 Å². The SMILES string of the molecule is Cc1nc2ccc(-c3cccs3)cn2c(=O)c1CCN1C[C@H]2COc3ccc4ccccc4c3[C@H]2C1. The zero-order valence-electron chi connectivity index (χ0n) is 20.2. The van der Waals surface area contributed by atoms with Crippen molar-refractivity contribution < 1.29 is 4.74 Å². The number of fused-ring (bicyclic) bond motifs is 6. The molecule has 3 aromatic heterocycles. The highest BCUT2D eigenvalue weighted by Crippen LogP contribution is 2.45. The molecule has 0 saturated carbocycles. The van der Waals surface area contributed by atoms with E-state index in [1.54, 1.807) is 15.7 Å². The van der Waals surface area contributed by atoms with Crippen LogP contribution in [0.1, 0.15) is 22.7 Å². The molecule has 0 N–H and O–H groups in total. The predicted octanol–water partition coefficient (Wildman–Crippen LogP) is 5.54. The summed E-state index contributed by atoms with van der Waals surface area (Å²) in [6.07, 6.45) is 2.63. The first-order chi connectivity index (χ1) is 17.7. The highest BCUT2D eigenvalue weighted by Gasteiger charge is 2.39. The highest BCUT2D eigenvalue weighted by atomic mass is 32.1. The summed E-state index contributed by atoms with van der Waals surface area (Å²) in [7, 11) is 0. The average Bonchev–Trinajstić information content (AvgIpc) is 3.58. The fraction of sp³-hybridized carbons (Fsp3) is 0.267. The van der Waals surface area contributed by atoms with Crippen molar-refractivity contribution in [3.63, 3.8) is 0 Å². The maximum absolute atomic E-state index is 13.5. The van der Waals surface area contributed by atoms with Gasteiger partial charge in [0.2, 0.25) is 0 Å². The summed E-state index contributed by atoms with van der Waals surface area (Å²) in [6.45, 7) is 5.57. The van der Waals surface area contributed by atoms with Gasteiger partial charge in [-0.25, -0.2) is 4.98 Å². The molecule has 1 saturated heterocycles. The Kier molecular flexibility index (Phi) is 5.19. The number of thiophene rings is 1. The number of pyridine rings is 1. The summed E-state index contributed by atoms with van der Waals surface area (Å²) in [4.78, 5) is 22.0. The number of rotatable bonds is 4. The Balaban J connectivity index is 1.16. The molecule has 6 heteroatoms. The molecule has 5 aromatic rings. The Hall–Kier alpha value is -3.48. The zero-order chi connectivity index (χ0) is 24.2. The molecule has 0 spiro atoms. The van der Waals surface area contributed by atoms with E-state index in [0.29, 0.717) is 23.9 Å². The van der Waals surface area contributed by atoms with Crippen LogP contribution in [0.15, 0.2) is 77.0 Å². The van der Waals surface area contributed by atoms with E-state index in [2.05, 4.69) is 52.7 Å². The second-order valence-electron chi connectivity index (χ2n) is 9.99. The number of hydrogen-bond donors (Lipinski definition) is 0. The fourth-order valence-electron chi connectivity index (χ4n) is 6.05. The summed E-state index contributed by atoms with van der Waals surface area (Å²) in [5, 5.41) is 4.63. The normalized spacial score (nSPS) is 19.4. The second kappa shape index (κ2) is 8.57. The van der Waals surface area contributed by atoms with Crippen LogP contribution in [-0.2, 0) is 6.42 Å². The Labute approximate surface area is 213 Å². The van der Waals surface area contributed by atoms with Crippen LogP contribution < -0.4 is 10.3 Å². The van der Waals surface area contributed by atoms with Crippen molar-refractivity contribution in [1.29, 1.82) is 0 Å². The summed E-state index contributed by atoms with van der Waals surface area (Å²) in [5.74, 6) is 1.98. The molecule has 0 aliphatic carbocycles. The molecular formula is C30H27N3O2S. The van der Waals surface area contributed by atoms with Crippen molar-refractivity contribution in [1.82, 2.24) is 14.3 Å². The van der Waals surface area contributed by atoms with E-state index >= 15 is 0 Å². The maximum atomic E-state index is 13.5. The van der Waals surface area contributed by atoms with Crippen molar-refractivity contribution >= 4 is 27.8 Å².